The summed E-state index contributed by atoms with van der Waals surface area (Å²) in [5.74, 6) is -0.369. The molecule has 198 valence electrons. The SMILES string of the molecule is O=C(O)C[C@H](NC(=O)[C@@H]1CCCN(CCCc2ccc3c(n2)NCCC3)C1)c1cc(F)cc(C2CC2)c1. The van der Waals surface area contributed by atoms with Gasteiger partial charge in [-0.05, 0) is 105 Å². The van der Waals surface area contributed by atoms with Gasteiger partial charge in [-0.2, -0.15) is 0 Å². The quantitative estimate of drug-likeness (QED) is 0.440. The number of likely N-dealkylation sites (tertiary alicyclic amines) is 1. The van der Waals surface area contributed by atoms with Crippen molar-refractivity contribution in [1.29, 1.82) is 0 Å². The molecule has 7 nitrogen and oxygen atoms in total. The number of carboxylic acid groups (broad SMARTS) is 1. The number of benzene rings is 1. The number of aromatic nitrogens is 1. The number of piperidine rings is 1. The van der Waals surface area contributed by atoms with Gasteiger partial charge in [0.25, 0.3) is 0 Å². The number of halogens is 1. The standard InChI is InChI=1S/C29H37FN4O3/c30-24-15-22(19-7-8-19)14-23(16-24)26(17-27(35)36)33-29(37)21-5-2-12-34(18-21)13-3-6-25-10-9-20-4-1-11-31-28(20)32-25/h9-10,14-16,19,21,26H,1-8,11-13,17-18H2,(H,31,32)(H,33,37)(H,35,36)/t21-,26+/m1/s1. The highest BCUT2D eigenvalue weighted by molar-refractivity contribution is 5.80. The van der Waals surface area contributed by atoms with E-state index in [9.17, 15) is 19.1 Å². The van der Waals surface area contributed by atoms with Crippen molar-refractivity contribution in [3.8, 4) is 0 Å². The van der Waals surface area contributed by atoms with E-state index in [1.807, 2.05) is 6.07 Å². The molecule has 2 fully saturated rings. The molecule has 2 aromatic rings. The molecule has 1 aliphatic carbocycles. The van der Waals surface area contributed by atoms with Gasteiger partial charge in [0.1, 0.15) is 11.6 Å². The molecule has 3 heterocycles. The normalized spacial score (nSPS) is 20.5. The summed E-state index contributed by atoms with van der Waals surface area (Å²) in [6.07, 6.45) is 7.58. The van der Waals surface area contributed by atoms with Gasteiger partial charge in [0, 0.05) is 18.8 Å². The molecular weight excluding hydrogens is 471 g/mol. The van der Waals surface area contributed by atoms with E-state index in [1.54, 1.807) is 0 Å². The van der Waals surface area contributed by atoms with E-state index in [0.717, 1.165) is 88.1 Å². The zero-order valence-corrected chi connectivity index (χ0v) is 21.3. The van der Waals surface area contributed by atoms with Crippen molar-refractivity contribution < 1.29 is 19.1 Å². The smallest absolute Gasteiger partial charge is 0.305 e. The second-order valence-electron chi connectivity index (χ2n) is 10.8. The molecule has 1 saturated carbocycles. The Morgan fingerprint density at radius 1 is 1.19 bits per heavy atom. The first-order valence-corrected chi connectivity index (χ1v) is 13.7. The number of aryl methyl sites for hydroxylation is 2. The van der Waals surface area contributed by atoms with Gasteiger partial charge in [0.05, 0.1) is 18.4 Å². The van der Waals surface area contributed by atoms with Crippen LogP contribution in [0.5, 0.6) is 0 Å². The minimum absolute atomic E-state index is 0.143. The summed E-state index contributed by atoms with van der Waals surface area (Å²) in [7, 11) is 0. The lowest BCUT2D eigenvalue weighted by Crippen LogP contribution is -2.44. The molecule has 1 aromatic carbocycles. The number of hydrogen-bond donors (Lipinski definition) is 3. The summed E-state index contributed by atoms with van der Waals surface area (Å²) in [6.45, 7) is 3.48. The second-order valence-corrected chi connectivity index (χ2v) is 10.8. The van der Waals surface area contributed by atoms with Crippen molar-refractivity contribution in [2.45, 2.75) is 69.7 Å². The van der Waals surface area contributed by atoms with E-state index in [1.165, 1.54) is 17.7 Å². The van der Waals surface area contributed by atoms with E-state index in [0.29, 0.717) is 18.0 Å². The van der Waals surface area contributed by atoms with Crippen molar-refractivity contribution in [3.05, 3.63) is 58.5 Å². The van der Waals surface area contributed by atoms with Crippen LogP contribution in [0, 0.1) is 11.7 Å². The lowest BCUT2D eigenvalue weighted by Gasteiger charge is -2.33. The van der Waals surface area contributed by atoms with Crippen LogP contribution in [0.1, 0.15) is 79.3 Å². The Morgan fingerprint density at radius 3 is 2.86 bits per heavy atom. The molecule has 3 aliphatic rings. The minimum Gasteiger partial charge on any atom is -0.481 e. The van der Waals surface area contributed by atoms with Gasteiger partial charge in [-0.25, -0.2) is 9.37 Å². The van der Waals surface area contributed by atoms with Gasteiger partial charge in [0.15, 0.2) is 0 Å². The maximum atomic E-state index is 14.3. The predicted molar refractivity (Wildman–Crippen MR) is 140 cm³/mol. The van der Waals surface area contributed by atoms with Gasteiger partial charge < -0.3 is 20.6 Å². The molecule has 8 heteroatoms. The Bertz CT molecular complexity index is 1140. The van der Waals surface area contributed by atoms with Crippen molar-refractivity contribution in [1.82, 2.24) is 15.2 Å². The van der Waals surface area contributed by atoms with Crippen LogP contribution >= 0.6 is 0 Å². The van der Waals surface area contributed by atoms with E-state index in [-0.39, 0.29) is 24.1 Å². The second kappa shape index (κ2) is 11.6. The molecule has 0 unspecified atom stereocenters. The highest BCUT2D eigenvalue weighted by Crippen LogP contribution is 2.41. The van der Waals surface area contributed by atoms with Gasteiger partial charge in [-0.3, -0.25) is 9.59 Å². The lowest BCUT2D eigenvalue weighted by atomic mass is 9.94. The fourth-order valence-electron chi connectivity index (χ4n) is 5.67. The molecule has 2 aliphatic heterocycles. The first-order chi connectivity index (χ1) is 17.9. The van der Waals surface area contributed by atoms with Gasteiger partial charge in [-0.1, -0.05) is 12.1 Å². The fourth-order valence-corrected chi connectivity index (χ4v) is 5.67. The van der Waals surface area contributed by atoms with Crippen LogP contribution in [0.25, 0.3) is 0 Å². The number of nitrogens with zero attached hydrogens (tertiary/aromatic N) is 2. The average Bonchev–Trinajstić information content (AvgIpc) is 3.74. The topological polar surface area (TPSA) is 94.6 Å². The Balaban J connectivity index is 1.16. The number of amides is 1. The molecule has 0 spiro atoms. The third kappa shape index (κ3) is 6.86. The summed E-state index contributed by atoms with van der Waals surface area (Å²) in [4.78, 5) is 31.9. The molecule has 2 atom stereocenters. The molecule has 1 saturated heterocycles. The molecule has 1 amide bonds. The monoisotopic (exact) mass is 508 g/mol. The maximum Gasteiger partial charge on any atom is 0.305 e. The Morgan fingerprint density at radius 2 is 2.05 bits per heavy atom. The van der Waals surface area contributed by atoms with E-state index >= 15 is 0 Å². The summed E-state index contributed by atoms with van der Waals surface area (Å²) in [5.41, 5.74) is 3.82. The number of carbonyl (C=O) groups excluding carboxylic acids is 1. The highest BCUT2D eigenvalue weighted by atomic mass is 19.1. The Labute approximate surface area is 217 Å². The zero-order chi connectivity index (χ0) is 25.8. The maximum absolute atomic E-state index is 14.3. The molecule has 37 heavy (non-hydrogen) atoms. The molecular formula is C29H37FN4O3. The van der Waals surface area contributed by atoms with Crippen LogP contribution in [0.3, 0.4) is 0 Å². The van der Waals surface area contributed by atoms with Crippen LogP contribution in [0.2, 0.25) is 0 Å². The Hall–Kier alpha value is -3.00. The van der Waals surface area contributed by atoms with Crippen LogP contribution in [-0.4, -0.2) is 53.0 Å². The van der Waals surface area contributed by atoms with Gasteiger partial charge in [-0.15, -0.1) is 0 Å². The first kappa shape index (κ1) is 25.6. The average molecular weight is 509 g/mol. The fraction of sp³-hybridized carbons (Fsp3) is 0.552. The molecule has 0 bridgehead atoms. The van der Waals surface area contributed by atoms with Crippen LogP contribution < -0.4 is 10.6 Å². The third-order valence-corrected chi connectivity index (χ3v) is 7.82. The zero-order valence-electron chi connectivity index (χ0n) is 21.3. The van der Waals surface area contributed by atoms with E-state index in [4.69, 9.17) is 4.98 Å². The van der Waals surface area contributed by atoms with Gasteiger partial charge in [0.2, 0.25) is 5.91 Å². The Kier molecular flexibility index (Phi) is 8.03. The number of pyridine rings is 1. The molecule has 5 rings (SSSR count). The number of nitrogens with one attached hydrogen (secondary N) is 2. The number of aliphatic carboxylic acids is 1. The largest absolute Gasteiger partial charge is 0.481 e. The lowest BCUT2D eigenvalue weighted by molar-refractivity contribution is -0.138. The van der Waals surface area contributed by atoms with Crippen molar-refractivity contribution in [2.75, 3.05) is 31.5 Å². The van der Waals surface area contributed by atoms with Crippen molar-refractivity contribution in [3.63, 3.8) is 0 Å². The number of fused-ring (bicyclic) bond motifs is 1. The summed E-state index contributed by atoms with van der Waals surface area (Å²) in [6, 6.07) is 8.32. The summed E-state index contributed by atoms with van der Waals surface area (Å²) in [5, 5.41) is 15.8. The summed E-state index contributed by atoms with van der Waals surface area (Å²) >= 11 is 0. The number of hydrogen-bond acceptors (Lipinski definition) is 5. The molecule has 3 N–H and O–H groups in total. The summed E-state index contributed by atoms with van der Waals surface area (Å²) < 4.78 is 14.3. The van der Waals surface area contributed by atoms with Crippen LogP contribution in [0.15, 0.2) is 30.3 Å². The molecule has 0 radical (unpaired) electrons. The molecule has 1 aromatic heterocycles. The predicted octanol–water partition coefficient (Wildman–Crippen LogP) is 4.43. The number of carbonyl (C=O) groups is 2. The third-order valence-electron chi connectivity index (χ3n) is 7.82. The van der Waals surface area contributed by atoms with Crippen LogP contribution in [-0.2, 0) is 22.4 Å². The minimum atomic E-state index is -1.02. The first-order valence-electron chi connectivity index (χ1n) is 13.7. The highest BCUT2D eigenvalue weighted by Gasteiger charge is 2.30. The number of rotatable bonds is 10. The van der Waals surface area contributed by atoms with Crippen LogP contribution in [0.4, 0.5) is 10.2 Å². The number of anilines is 1. The van der Waals surface area contributed by atoms with E-state index in [2.05, 4.69) is 27.7 Å². The van der Waals surface area contributed by atoms with E-state index < -0.39 is 12.0 Å². The van der Waals surface area contributed by atoms with Crippen molar-refractivity contribution >= 4 is 17.7 Å². The van der Waals surface area contributed by atoms with Gasteiger partial charge >= 0.3 is 5.97 Å². The number of carboxylic acids is 1. The van der Waals surface area contributed by atoms with Crippen molar-refractivity contribution in [2.24, 2.45) is 5.92 Å².